The molecule has 0 unspecified atom stereocenters. The first-order chi connectivity index (χ1) is 11.7. The minimum absolute atomic E-state index is 0.233. The van der Waals surface area contributed by atoms with E-state index in [0.29, 0.717) is 17.2 Å². The van der Waals surface area contributed by atoms with Crippen LogP contribution in [-0.2, 0) is 4.74 Å². The van der Waals surface area contributed by atoms with Gasteiger partial charge >= 0.3 is 5.97 Å². The number of hydrogen-bond acceptors (Lipinski definition) is 6. The quantitative estimate of drug-likeness (QED) is 0.667. The van der Waals surface area contributed by atoms with Crippen LogP contribution in [0.15, 0.2) is 59.0 Å². The molecule has 6 heteroatoms. The van der Waals surface area contributed by atoms with Gasteiger partial charge in [-0.1, -0.05) is 30.3 Å². The molecule has 0 fully saturated rings. The molecule has 2 aromatic carbocycles. The Balaban J connectivity index is 1.74. The summed E-state index contributed by atoms with van der Waals surface area (Å²) in [6, 6.07) is 16.2. The van der Waals surface area contributed by atoms with E-state index in [0.717, 1.165) is 5.56 Å². The molecule has 0 aliphatic heterocycles. The fourth-order valence-electron chi connectivity index (χ4n) is 2.18. The first kappa shape index (κ1) is 15.7. The lowest BCUT2D eigenvalue weighted by molar-refractivity contribution is 0.0276. The maximum Gasteiger partial charge on any atom is 0.342 e. The Hall–Kier alpha value is -3.15. The third kappa shape index (κ3) is 3.27. The molecule has 0 spiro atoms. The number of ether oxygens (including phenoxy) is 2. The van der Waals surface area contributed by atoms with Crippen molar-refractivity contribution >= 4 is 5.97 Å². The molecule has 0 aliphatic rings. The van der Waals surface area contributed by atoms with E-state index in [1.54, 1.807) is 31.2 Å². The Kier molecular flexibility index (Phi) is 4.56. The molecule has 0 N–H and O–H groups in total. The van der Waals surface area contributed by atoms with E-state index in [2.05, 4.69) is 10.2 Å². The maximum atomic E-state index is 12.3. The summed E-state index contributed by atoms with van der Waals surface area (Å²) in [5.74, 6) is 0.549. The lowest BCUT2D eigenvalue weighted by Gasteiger charge is -2.11. The van der Waals surface area contributed by atoms with Gasteiger partial charge in [0, 0.05) is 5.56 Å². The molecule has 0 amide bonds. The molecule has 0 radical (unpaired) electrons. The van der Waals surface area contributed by atoms with E-state index in [1.807, 2.05) is 30.3 Å². The number of hydrogen-bond donors (Lipinski definition) is 0. The summed E-state index contributed by atoms with van der Waals surface area (Å²) < 4.78 is 16.2. The highest BCUT2D eigenvalue weighted by Crippen LogP contribution is 2.25. The SMILES string of the molecule is COc1ccccc1C(=O)O[C@@H](C)c1nnc(-c2ccccc2)o1. The van der Waals surface area contributed by atoms with Gasteiger partial charge in [-0.15, -0.1) is 10.2 Å². The largest absolute Gasteiger partial charge is 0.496 e. The summed E-state index contributed by atoms with van der Waals surface area (Å²) >= 11 is 0. The minimum Gasteiger partial charge on any atom is -0.496 e. The van der Waals surface area contributed by atoms with E-state index >= 15 is 0 Å². The van der Waals surface area contributed by atoms with E-state index < -0.39 is 12.1 Å². The first-order valence-corrected chi connectivity index (χ1v) is 7.42. The van der Waals surface area contributed by atoms with Crippen LogP contribution in [-0.4, -0.2) is 23.3 Å². The number of carbonyl (C=O) groups is 1. The summed E-state index contributed by atoms with van der Waals surface area (Å²) in [6.07, 6.45) is -0.674. The average Bonchev–Trinajstić information content (AvgIpc) is 3.12. The van der Waals surface area contributed by atoms with E-state index in [1.165, 1.54) is 7.11 Å². The Labute approximate surface area is 139 Å². The minimum atomic E-state index is -0.674. The van der Waals surface area contributed by atoms with Crippen molar-refractivity contribution in [2.45, 2.75) is 13.0 Å². The van der Waals surface area contributed by atoms with Crippen molar-refractivity contribution in [1.82, 2.24) is 10.2 Å². The zero-order chi connectivity index (χ0) is 16.9. The molecule has 24 heavy (non-hydrogen) atoms. The van der Waals surface area contributed by atoms with Gasteiger partial charge in [-0.25, -0.2) is 4.79 Å². The molecule has 6 nitrogen and oxygen atoms in total. The van der Waals surface area contributed by atoms with E-state index in [-0.39, 0.29) is 5.89 Å². The predicted octanol–water partition coefficient (Wildman–Crippen LogP) is 3.66. The molecule has 122 valence electrons. The maximum absolute atomic E-state index is 12.3. The number of carbonyl (C=O) groups excluding carboxylic acids is 1. The van der Waals surface area contributed by atoms with Crippen molar-refractivity contribution in [1.29, 1.82) is 0 Å². The predicted molar refractivity (Wildman–Crippen MR) is 86.6 cm³/mol. The van der Waals surface area contributed by atoms with Crippen LogP contribution in [0.4, 0.5) is 0 Å². The van der Waals surface area contributed by atoms with Crippen LogP contribution in [0.25, 0.3) is 11.5 Å². The van der Waals surface area contributed by atoms with Gasteiger partial charge in [0.15, 0.2) is 6.10 Å². The summed E-state index contributed by atoms with van der Waals surface area (Å²) in [7, 11) is 1.50. The van der Waals surface area contributed by atoms with Gasteiger partial charge in [0.25, 0.3) is 5.89 Å². The Morgan fingerprint density at radius 2 is 1.75 bits per heavy atom. The van der Waals surface area contributed by atoms with E-state index in [9.17, 15) is 4.79 Å². The molecule has 0 aliphatic carbocycles. The van der Waals surface area contributed by atoms with Gasteiger partial charge in [-0.05, 0) is 31.2 Å². The molecule has 3 aromatic rings. The van der Waals surface area contributed by atoms with Gasteiger partial charge in [0.1, 0.15) is 11.3 Å². The first-order valence-electron chi connectivity index (χ1n) is 7.42. The van der Waals surface area contributed by atoms with Gasteiger partial charge in [-0.3, -0.25) is 0 Å². The highest BCUT2D eigenvalue weighted by atomic mass is 16.6. The van der Waals surface area contributed by atoms with Crippen LogP contribution >= 0.6 is 0 Å². The molecule has 1 atom stereocenters. The summed E-state index contributed by atoms with van der Waals surface area (Å²) in [5, 5.41) is 7.95. The Morgan fingerprint density at radius 1 is 1.04 bits per heavy atom. The van der Waals surface area contributed by atoms with Crippen LogP contribution in [0.2, 0.25) is 0 Å². The van der Waals surface area contributed by atoms with Crippen molar-refractivity contribution in [3.05, 3.63) is 66.1 Å². The Morgan fingerprint density at radius 3 is 2.50 bits per heavy atom. The van der Waals surface area contributed by atoms with E-state index in [4.69, 9.17) is 13.9 Å². The van der Waals surface area contributed by atoms with Crippen LogP contribution in [0.3, 0.4) is 0 Å². The second-order valence-corrected chi connectivity index (χ2v) is 5.06. The zero-order valence-corrected chi connectivity index (χ0v) is 13.3. The topological polar surface area (TPSA) is 74.5 Å². The number of nitrogens with zero attached hydrogens (tertiary/aromatic N) is 2. The molecule has 1 heterocycles. The monoisotopic (exact) mass is 324 g/mol. The lowest BCUT2D eigenvalue weighted by Crippen LogP contribution is -2.10. The number of aromatic nitrogens is 2. The van der Waals surface area contributed by atoms with Crippen molar-refractivity contribution in [2.75, 3.05) is 7.11 Å². The standard InChI is InChI=1S/C18H16N2O4/c1-12(23-18(21)14-10-6-7-11-15(14)22-2)16-19-20-17(24-16)13-8-4-3-5-9-13/h3-12H,1-2H3/t12-/m0/s1. The molecule has 0 bridgehead atoms. The third-order valence-electron chi connectivity index (χ3n) is 3.42. The van der Waals surface area contributed by atoms with Crippen molar-refractivity contribution < 1.29 is 18.7 Å². The normalized spacial score (nSPS) is 11.8. The number of esters is 1. The highest BCUT2D eigenvalue weighted by Gasteiger charge is 2.21. The number of rotatable bonds is 5. The van der Waals surface area contributed by atoms with Crippen LogP contribution in [0.5, 0.6) is 5.75 Å². The second-order valence-electron chi connectivity index (χ2n) is 5.06. The third-order valence-corrected chi connectivity index (χ3v) is 3.42. The fraction of sp³-hybridized carbons (Fsp3) is 0.167. The van der Waals surface area contributed by atoms with Gasteiger partial charge < -0.3 is 13.9 Å². The number of benzene rings is 2. The molecule has 0 saturated carbocycles. The van der Waals surface area contributed by atoms with Crippen LogP contribution < -0.4 is 4.74 Å². The molecule has 3 rings (SSSR count). The fourth-order valence-corrected chi connectivity index (χ4v) is 2.18. The lowest BCUT2D eigenvalue weighted by atomic mass is 10.2. The zero-order valence-electron chi connectivity index (χ0n) is 13.3. The van der Waals surface area contributed by atoms with Crippen LogP contribution in [0, 0.1) is 0 Å². The Bertz CT molecular complexity index is 830. The summed E-state index contributed by atoms with van der Waals surface area (Å²) in [4.78, 5) is 12.3. The van der Waals surface area contributed by atoms with Crippen molar-refractivity contribution in [2.24, 2.45) is 0 Å². The second kappa shape index (κ2) is 6.95. The summed E-state index contributed by atoms with van der Waals surface area (Å²) in [5.41, 5.74) is 1.15. The molecule has 0 saturated heterocycles. The molecule has 1 aromatic heterocycles. The number of para-hydroxylation sites is 1. The highest BCUT2D eigenvalue weighted by molar-refractivity contribution is 5.92. The average molecular weight is 324 g/mol. The smallest absolute Gasteiger partial charge is 0.342 e. The molecular weight excluding hydrogens is 308 g/mol. The van der Waals surface area contributed by atoms with Crippen molar-refractivity contribution in [3.63, 3.8) is 0 Å². The van der Waals surface area contributed by atoms with Crippen LogP contribution in [0.1, 0.15) is 29.3 Å². The summed E-state index contributed by atoms with van der Waals surface area (Å²) in [6.45, 7) is 1.68. The number of methoxy groups -OCH3 is 1. The molecular formula is C18H16N2O4. The van der Waals surface area contributed by atoms with Gasteiger partial charge in [0.05, 0.1) is 7.11 Å². The van der Waals surface area contributed by atoms with Gasteiger partial charge in [0.2, 0.25) is 5.89 Å². The van der Waals surface area contributed by atoms with Gasteiger partial charge in [-0.2, -0.15) is 0 Å². The van der Waals surface area contributed by atoms with Crippen molar-refractivity contribution in [3.8, 4) is 17.2 Å².